The molecule has 0 saturated heterocycles. The zero-order valence-electron chi connectivity index (χ0n) is 17.2. The Kier molecular flexibility index (Phi) is 3.92. The SMILES string of the molecule is Nc1c(C(=O)O)cc2c3c(cccc13)-c1cc(-c3ccccc3-c3ccccc3)ccc1-2. The van der Waals surface area contributed by atoms with E-state index in [1.54, 1.807) is 6.07 Å². The number of nitrogen functional groups attached to an aromatic ring is 1. The largest absolute Gasteiger partial charge is 0.478 e. The lowest BCUT2D eigenvalue weighted by Gasteiger charge is -2.12. The molecule has 0 unspecified atom stereocenters. The van der Waals surface area contributed by atoms with Crippen LogP contribution in [0.3, 0.4) is 0 Å². The molecule has 3 nitrogen and oxygen atoms in total. The molecule has 5 aromatic rings. The Morgan fingerprint density at radius 2 is 1.28 bits per heavy atom. The van der Waals surface area contributed by atoms with Crippen molar-refractivity contribution >= 4 is 22.4 Å². The number of rotatable bonds is 3. The highest BCUT2D eigenvalue weighted by atomic mass is 16.4. The molecule has 0 spiro atoms. The van der Waals surface area contributed by atoms with Crippen LogP contribution in [-0.4, -0.2) is 11.1 Å². The monoisotopic (exact) mass is 413 g/mol. The second-order valence-corrected chi connectivity index (χ2v) is 8.09. The summed E-state index contributed by atoms with van der Waals surface area (Å²) in [6.45, 7) is 0. The molecule has 5 aromatic carbocycles. The summed E-state index contributed by atoms with van der Waals surface area (Å²) in [5, 5.41) is 11.5. The fourth-order valence-electron chi connectivity index (χ4n) is 4.89. The van der Waals surface area contributed by atoms with Gasteiger partial charge in [-0.1, -0.05) is 84.9 Å². The summed E-state index contributed by atoms with van der Waals surface area (Å²) in [5.41, 5.74) is 15.5. The minimum Gasteiger partial charge on any atom is -0.478 e. The number of aromatic carboxylic acids is 1. The molecule has 1 aliphatic rings. The molecular weight excluding hydrogens is 394 g/mol. The van der Waals surface area contributed by atoms with Crippen molar-refractivity contribution in [3.63, 3.8) is 0 Å². The molecule has 152 valence electrons. The lowest BCUT2D eigenvalue weighted by molar-refractivity contribution is 0.0698. The lowest BCUT2D eigenvalue weighted by atomic mass is 9.92. The first kappa shape index (κ1) is 18.4. The van der Waals surface area contributed by atoms with E-state index in [0.29, 0.717) is 5.69 Å². The molecule has 0 amide bonds. The number of carbonyl (C=O) groups is 1. The van der Waals surface area contributed by atoms with Gasteiger partial charge < -0.3 is 10.8 Å². The third-order valence-corrected chi connectivity index (χ3v) is 6.36. The Hall–Kier alpha value is -4.37. The van der Waals surface area contributed by atoms with Crippen LogP contribution in [0.2, 0.25) is 0 Å². The van der Waals surface area contributed by atoms with Crippen LogP contribution in [0.4, 0.5) is 5.69 Å². The van der Waals surface area contributed by atoms with Gasteiger partial charge >= 0.3 is 5.97 Å². The molecule has 32 heavy (non-hydrogen) atoms. The van der Waals surface area contributed by atoms with E-state index < -0.39 is 5.97 Å². The maximum Gasteiger partial charge on any atom is 0.337 e. The second-order valence-electron chi connectivity index (χ2n) is 8.09. The number of fused-ring (bicyclic) bond motifs is 3. The predicted octanol–water partition coefficient (Wildman–Crippen LogP) is 7.10. The van der Waals surface area contributed by atoms with Crippen LogP contribution in [-0.2, 0) is 0 Å². The van der Waals surface area contributed by atoms with Crippen molar-refractivity contribution in [3.05, 3.63) is 103 Å². The van der Waals surface area contributed by atoms with Crippen molar-refractivity contribution in [1.29, 1.82) is 0 Å². The Balaban J connectivity index is 1.59. The molecule has 0 bridgehead atoms. The van der Waals surface area contributed by atoms with Gasteiger partial charge in [0.25, 0.3) is 0 Å². The number of anilines is 1. The van der Waals surface area contributed by atoms with Gasteiger partial charge in [0.05, 0.1) is 11.3 Å². The molecule has 3 heteroatoms. The first-order valence-electron chi connectivity index (χ1n) is 10.5. The first-order valence-corrected chi connectivity index (χ1v) is 10.5. The van der Waals surface area contributed by atoms with Crippen LogP contribution in [0.15, 0.2) is 97.1 Å². The summed E-state index contributed by atoms with van der Waals surface area (Å²) in [4.78, 5) is 11.8. The summed E-state index contributed by atoms with van der Waals surface area (Å²) < 4.78 is 0. The highest BCUT2D eigenvalue weighted by Crippen LogP contribution is 2.50. The molecule has 0 atom stereocenters. The Morgan fingerprint density at radius 3 is 2.03 bits per heavy atom. The number of carboxylic acids is 1. The molecule has 0 radical (unpaired) electrons. The van der Waals surface area contributed by atoms with Crippen LogP contribution in [0.5, 0.6) is 0 Å². The van der Waals surface area contributed by atoms with Crippen molar-refractivity contribution < 1.29 is 9.90 Å². The van der Waals surface area contributed by atoms with Gasteiger partial charge in [0.15, 0.2) is 0 Å². The van der Waals surface area contributed by atoms with Gasteiger partial charge in [0, 0.05) is 5.39 Å². The molecule has 3 N–H and O–H groups in total. The van der Waals surface area contributed by atoms with Crippen LogP contribution in [0.25, 0.3) is 55.3 Å². The normalized spacial score (nSPS) is 11.5. The maximum atomic E-state index is 11.8. The number of hydrogen-bond donors (Lipinski definition) is 2. The van der Waals surface area contributed by atoms with Crippen molar-refractivity contribution in [2.45, 2.75) is 0 Å². The zero-order chi connectivity index (χ0) is 21.8. The summed E-state index contributed by atoms with van der Waals surface area (Å²) in [5.74, 6) is -1.01. The van der Waals surface area contributed by atoms with Crippen LogP contribution >= 0.6 is 0 Å². The summed E-state index contributed by atoms with van der Waals surface area (Å²) in [6, 6.07) is 32.9. The van der Waals surface area contributed by atoms with E-state index in [0.717, 1.165) is 44.2 Å². The van der Waals surface area contributed by atoms with E-state index in [9.17, 15) is 9.90 Å². The van der Waals surface area contributed by atoms with Crippen molar-refractivity contribution in [2.24, 2.45) is 0 Å². The molecule has 0 heterocycles. The van der Waals surface area contributed by atoms with Gasteiger partial charge in [-0.05, 0) is 62.0 Å². The fraction of sp³-hybridized carbons (Fsp3) is 0. The minimum atomic E-state index is -1.01. The summed E-state index contributed by atoms with van der Waals surface area (Å²) >= 11 is 0. The van der Waals surface area contributed by atoms with Crippen molar-refractivity contribution in [1.82, 2.24) is 0 Å². The smallest absolute Gasteiger partial charge is 0.337 e. The number of benzene rings is 5. The summed E-state index contributed by atoms with van der Waals surface area (Å²) in [7, 11) is 0. The van der Waals surface area contributed by atoms with E-state index in [4.69, 9.17) is 5.73 Å². The molecule has 0 aliphatic heterocycles. The fourth-order valence-corrected chi connectivity index (χ4v) is 4.89. The molecule has 0 aromatic heterocycles. The van der Waals surface area contributed by atoms with Crippen LogP contribution < -0.4 is 5.73 Å². The molecule has 0 fully saturated rings. The first-order chi connectivity index (χ1) is 15.6. The molecule has 6 rings (SSSR count). The average molecular weight is 413 g/mol. The molecule has 1 aliphatic carbocycles. The van der Waals surface area contributed by atoms with Crippen molar-refractivity contribution in [3.8, 4) is 44.5 Å². The average Bonchev–Trinajstić information content (AvgIpc) is 3.15. The van der Waals surface area contributed by atoms with Gasteiger partial charge in [-0.2, -0.15) is 0 Å². The van der Waals surface area contributed by atoms with Crippen LogP contribution in [0.1, 0.15) is 10.4 Å². The van der Waals surface area contributed by atoms with E-state index in [-0.39, 0.29) is 5.56 Å². The van der Waals surface area contributed by atoms with Gasteiger partial charge in [-0.25, -0.2) is 4.79 Å². The Labute approximate surface area is 185 Å². The maximum absolute atomic E-state index is 11.8. The number of carboxylic acid groups (broad SMARTS) is 1. The standard InChI is InChI=1S/C29H19NO2/c30-28-23-12-6-11-22-24-15-18(13-14-21(24)25(27(22)23)16-26(28)29(31)32)20-10-5-4-9-19(20)17-7-2-1-3-8-17/h1-16H,30H2,(H,31,32). The number of nitrogens with two attached hydrogens (primary N) is 1. The third kappa shape index (κ3) is 2.58. The van der Waals surface area contributed by atoms with E-state index >= 15 is 0 Å². The zero-order valence-corrected chi connectivity index (χ0v) is 17.2. The van der Waals surface area contributed by atoms with Crippen molar-refractivity contribution in [2.75, 3.05) is 5.73 Å². The second kappa shape index (κ2) is 6.82. The molecule has 0 saturated carbocycles. The van der Waals surface area contributed by atoms with Gasteiger partial charge in [-0.15, -0.1) is 0 Å². The molecular formula is C29H19NO2. The van der Waals surface area contributed by atoms with E-state index in [1.165, 1.54) is 11.1 Å². The van der Waals surface area contributed by atoms with Crippen LogP contribution in [0, 0.1) is 0 Å². The predicted molar refractivity (Wildman–Crippen MR) is 131 cm³/mol. The topological polar surface area (TPSA) is 63.3 Å². The van der Waals surface area contributed by atoms with E-state index in [2.05, 4.69) is 72.8 Å². The lowest BCUT2D eigenvalue weighted by Crippen LogP contribution is -2.03. The minimum absolute atomic E-state index is 0.149. The van der Waals surface area contributed by atoms with Gasteiger partial charge in [0.1, 0.15) is 0 Å². The Bertz CT molecular complexity index is 1550. The number of hydrogen-bond acceptors (Lipinski definition) is 2. The highest BCUT2D eigenvalue weighted by Gasteiger charge is 2.26. The van der Waals surface area contributed by atoms with Gasteiger partial charge in [-0.3, -0.25) is 0 Å². The van der Waals surface area contributed by atoms with E-state index in [1.807, 2.05) is 18.2 Å². The summed E-state index contributed by atoms with van der Waals surface area (Å²) in [6.07, 6.45) is 0. The Morgan fingerprint density at radius 1 is 0.594 bits per heavy atom. The quantitative estimate of drug-likeness (QED) is 0.304. The van der Waals surface area contributed by atoms with Gasteiger partial charge in [0.2, 0.25) is 0 Å². The third-order valence-electron chi connectivity index (χ3n) is 6.36. The highest BCUT2D eigenvalue weighted by molar-refractivity contribution is 6.21.